The van der Waals surface area contributed by atoms with Crippen molar-refractivity contribution in [2.75, 3.05) is 0 Å². The summed E-state index contributed by atoms with van der Waals surface area (Å²) in [5, 5.41) is 0. The number of hydrogen-bond donors (Lipinski definition) is 0. The fourth-order valence-electron chi connectivity index (χ4n) is 1.67. The lowest BCUT2D eigenvalue weighted by Gasteiger charge is -2.06. The molecule has 0 saturated carbocycles. The van der Waals surface area contributed by atoms with Gasteiger partial charge >= 0.3 is 0 Å². The molecule has 0 N–H and O–H groups in total. The zero-order valence-electron chi connectivity index (χ0n) is 9.72. The third-order valence-electron chi connectivity index (χ3n) is 2.53. The Hall–Kier alpha value is -1.54. The summed E-state index contributed by atoms with van der Waals surface area (Å²) < 4.78 is 0. The van der Waals surface area contributed by atoms with Crippen molar-refractivity contribution in [3.05, 3.63) is 65.7 Å². The van der Waals surface area contributed by atoms with Crippen LogP contribution in [-0.4, -0.2) is 5.78 Å². The molecule has 0 fully saturated rings. The van der Waals surface area contributed by atoms with Gasteiger partial charge < -0.3 is 0 Å². The van der Waals surface area contributed by atoms with E-state index in [2.05, 4.69) is 12.1 Å². The molecule has 0 amide bonds. The lowest BCUT2D eigenvalue weighted by Crippen LogP contribution is -1.97. The van der Waals surface area contributed by atoms with Gasteiger partial charge in [0.05, 0.1) is 0 Å². The van der Waals surface area contributed by atoms with Crippen LogP contribution in [0.15, 0.2) is 59.5 Å². The van der Waals surface area contributed by atoms with E-state index in [-0.39, 0.29) is 5.78 Å². The molecule has 2 aromatic carbocycles. The Morgan fingerprint density at radius 1 is 1.00 bits per heavy atom. The summed E-state index contributed by atoms with van der Waals surface area (Å²) in [6, 6.07) is 18.0. The van der Waals surface area contributed by atoms with E-state index in [1.165, 1.54) is 4.90 Å². The fraction of sp³-hybridized carbons (Fsp3) is 0.133. The first-order valence-corrected chi connectivity index (χ1v) is 6.52. The Kier molecular flexibility index (Phi) is 3.99. The Morgan fingerprint density at radius 2 is 1.65 bits per heavy atom. The molecule has 0 aliphatic heterocycles. The molecule has 1 nitrogen and oxygen atoms in total. The predicted molar refractivity (Wildman–Crippen MR) is 72.4 cm³/mol. The highest BCUT2D eigenvalue weighted by Gasteiger charge is 2.06. The number of rotatable bonds is 4. The van der Waals surface area contributed by atoms with E-state index in [1.807, 2.05) is 42.5 Å². The Balaban J connectivity index is 2.12. The molecule has 0 spiro atoms. The van der Waals surface area contributed by atoms with Crippen molar-refractivity contribution in [2.45, 2.75) is 17.6 Å². The summed E-state index contributed by atoms with van der Waals surface area (Å²) in [7, 11) is 0. The molecule has 0 saturated heterocycles. The molecule has 0 radical (unpaired) electrons. The fourth-order valence-corrected chi connectivity index (χ4v) is 2.59. The summed E-state index contributed by atoms with van der Waals surface area (Å²) in [6.45, 7) is 1.62. The van der Waals surface area contributed by atoms with Crippen LogP contribution in [0.4, 0.5) is 0 Å². The molecular formula is C15H14OS. The molecule has 2 aromatic rings. The van der Waals surface area contributed by atoms with Crippen LogP contribution in [0, 0.1) is 0 Å². The van der Waals surface area contributed by atoms with Crippen LogP contribution >= 0.6 is 11.8 Å². The normalized spacial score (nSPS) is 10.2. The first-order valence-electron chi connectivity index (χ1n) is 5.54. The third-order valence-corrected chi connectivity index (χ3v) is 3.60. The van der Waals surface area contributed by atoms with E-state index in [4.69, 9.17) is 0 Å². The maximum atomic E-state index is 11.5. The van der Waals surface area contributed by atoms with E-state index in [0.717, 1.165) is 16.9 Å². The van der Waals surface area contributed by atoms with Crippen molar-refractivity contribution in [1.82, 2.24) is 0 Å². The quantitative estimate of drug-likeness (QED) is 0.591. The second kappa shape index (κ2) is 5.69. The van der Waals surface area contributed by atoms with Crippen LogP contribution < -0.4 is 0 Å². The molecule has 2 rings (SSSR count). The number of carbonyl (C=O) groups is 1. The van der Waals surface area contributed by atoms with Gasteiger partial charge in [-0.25, -0.2) is 0 Å². The van der Waals surface area contributed by atoms with Gasteiger partial charge in [0.15, 0.2) is 5.78 Å². The minimum absolute atomic E-state index is 0.134. The Bertz CT molecular complexity index is 505. The average Bonchev–Trinajstić information content (AvgIpc) is 2.38. The molecule has 2 heteroatoms. The van der Waals surface area contributed by atoms with Crippen molar-refractivity contribution in [2.24, 2.45) is 0 Å². The Labute approximate surface area is 106 Å². The van der Waals surface area contributed by atoms with Crippen LogP contribution in [0.2, 0.25) is 0 Å². The van der Waals surface area contributed by atoms with Crippen molar-refractivity contribution in [3.8, 4) is 0 Å². The largest absolute Gasteiger partial charge is 0.295 e. The van der Waals surface area contributed by atoms with Crippen LogP contribution in [0.5, 0.6) is 0 Å². The number of benzene rings is 2. The first-order chi connectivity index (χ1) is 8.27. The van der Waals surface area contributed by atoms with E-state index in [1.54, 1.807) is 18.7 Å². The van der Waals surface area contributed by atoms with Crippen molar-refractivity contribution in [1.29, 1.82) is 0 Å². The lowest BCUT2D eigenvalue weighted by molar-refractivity contribution is 0.101. The lowest BCUT2D eigenvalue weighted by atomic mass is 10.1. The molecule has 0 aliphatic rings. The van der Waals surface area contributed by atoms with Crippen molar-refractivity contribution in [3.63, 3.8) is 0 Å². The van der Waals surface area contributed by atoms with Gasteiger partial charge in [0, 0.05) is 16.2 Å². The van der Waals surface area contributed by atoms with Crippen molar-refractivity contribution >= 4 is 17.5 Å². The van der Waals surface area contributed by atoms with E-state index in [9.17, 15) is 4.79 Å². The first kappa shape index (κ1) is 11.9. The number of thioether (sulfide) groups is 1. The molecule has 0 bridgehead atoms. The van der Waals surface area contributed by atoms with Crippen LogP contribution in [0.25, 0.3) is 0 Å². The number of carbonyl (C=O) groups excluding carboxylic acids is 1. The third kappa shape index (κ3) is 3.21. The summed E-state index contributed by atoms with van der Waals surface area (Å²) in [5.74, 6) is 0.967. The maximum absolute atomic E-state index is 11.5. The summed E-state index contributed by atoms with van der Waals surface area (Å²) in [6.07, 6.45) is 0. The number of ketones is 1. The monoisotopic (exact) mass is 242 g/mol. The van der Waals surface area contributed by atoms with Crippen LogP contribution in [0.3, 0.4) is 0 Å². The van der Waals surface area contributed by atoms with Gasteiger partial charge in [-0.2, -0.15) is 0 Å². The summed E-state index contributed by atoms with van der Waals surface area (Å²) in [5.41, 5.74) is 1.93. The topological polar surface area (TPSA) is 17.1 Å². The minimum atomic E-state index is 0.134. The second-order valence-electron chi connectivity index (χ2n) is 3.82. The minimum Gasteiger partial charge on any atom is -0.295 e. The van der Waals surface area contributed by atoms with Gasteiger partial charge in [-0.3, -0.25) is 4.79 Å². The molecule has 0 heterocycles. The smallest absolute Gasteiger partial charge is 0.160 e. The highest BCUT2D eigenvalue weighted by atomic mass is 32.2. The number of hydrogen-bond acceptors (Lipinski definition) is 2. The highest BCUT2D eigenvalue weighted by molar-refractivity contribution is 7.98. The Morgan fingerprint density at radius 3 is 2.35 bits per heavy atom. The average molecular weight is 242 g/mol. The van der Waals surface area contributed by atoms with Gasteiger partial charge in [0.2, 0.25) is 0 Å². The zero-order chi connectivity index (χ0) is 12.1. The highest BCUT2D eigenvalue weighted by Crippen LogP contribution is 2.24. The summed E-state index contributed by atoms with van der Waals surface area (Å²) in [4.78, 5) is 12.7. The maximum Gasteiger partial charge on any atom is 0.160 e. The van der Waals surface area contributed by atoms with Crippen LogP contribution in [-0.2, 0) is 5.75 Å². The van der Waals surface area contributed by atoms with Gasteiger partial charge in [-0.1, -0.05) is 42.5 Å². The SMILES string of the molecule is CC(=O)c1ccccc1CSc1ccccc1. The van der Waals surface area contributed by atoms with Gasteiger partial charge in [0.1, 0.15) is 0 Å². The molecule has 0 unspecified atom stereocenters. The molecule has 0 atom stereocenters. The zero-order valence-corrected chi connectivity index (χ0v) is 10.5. The molecule has 0 aliphatic carbocycles. The summed E-state index contributed by atoms with van der Waals surface area (Å²) >= 11 is 1.75. The van der Waals surface area contributed by atoms with Crippen LogP contribution in [0.1, 0.15) is 22.8 Å². The molecule has 86 valence electrons. The van der Waals surface area contributed by atoms with Gasteiger partial charge in [0.25, 0.3) is 0 Å². The molecular weight excluding hydrogens is 228 g/mol. The second-order valence-corrected chi connectivity index (χ2v) is 4.86. The van der Waals surface area contributed by atoms with E-state index in [0.29, 0.717) is 0 Å². The molecule has 0 aromatic heterocycles. The van der Waals surface area contributed by atoms with E-state index >= 15 is 0 Å². The van der Waals surface area contributed by atoms with E-state index < -0.39 is 0 Å². The van der Waals surface area contributed by atoms with Gasteiger partial charge in [-0.05, 0) is 24.6 Å². The van der Waals surface area contributed by atoms with Gasteiger partial charge in [-0.15, -0.1) is 11.8 Å². The number of Topliss-reactive ketones (excluding diaryl/α,β-unsaturated/α-hetero) is 1. The predicted octanol–water partition coefficient (Wildman–Crippen LogP) is 4.18. The molecule has 17 heavy (non-hydrogen) atoms. The standard InChI is InChI=1S/C15H14OS/c1-12(16)15-10-6-5-7-13(15)11-17-14-8-3-2-4-9-14/h2-10H,11H2,1H3. The van der Waals surface area contributed by atoms with Crippen molar-refractivity contribution < 1.29 is 4.79 Å².